The minimum absolute atomic E-state index is 0.247. The van der Waals surface area contributed by atoms with Crippen molar-refractivity contribution in [3.8, 4) is 0 Å². The summed E-state index contributed by atoms with van der Waals surface area (Å²) in [5.74, 6) is 0.492. The van der Waals surface area contributed by atoms with Gasteiger partial charge in [-0.05, 0) is 12.5 Å². The molecule has 3 N–H and O–H groups in total. The minimum atomic E-state index is -0.304. The summed E-state index contributed by atoms with van der Waals surface area (Å²) in [6, 6.07) is 1.82. The maximum absolute atomic E-state index is 11.2. The Bertz CT molecular complexity index is 345. The van der Waals surface area contributed by atoms with E-state index in [1.807, 2.05) is 19.9 Å². The van der Waals surface area contributed by atoms with Gasteiger partial charge in [0.05, 0.1) is 11.1 Å². The zero-order valence-electron chi connectivity index (χ0n) is 10.1. The van der Waals surface area contributed by atoms with Crippen molar-refractivity contribution in [3.63, 3.8) is 0 Å². The topological polar surface area (TPSA) is 80.9 Å². The number of primary amides is 1. The number of rotatable bonds is 7. The van der Waals surface area contributed by atoms with E-state index in [2.05, 4.69) is 15.3 Å². The van der Waals surface area contributed by atoms with E-state index in [0.29, 0.717) is 6.42 Å². The normalized spacial score (nSPS) is 12.6. The Kier molecular flexibility index (Phi) is 5.93. The first kappa shape index (κ1) is 13.9. The predicted molar refractivity (Wildman–Crippen MR) is 68.6 cm³/mol. The van der Waals surface area contributed by atoms with Crippen LogP contribution in [0.4, 0.5) is 0 Å². The van der Waals surface area contributed by atoms with Crippen molar-refractivity contribution in [1.82, 2.24) is 15.3 Å². The summed E-state index contributed by atoms with van der Waals surface area (Å²) >= 11 is 1.59. The van der Waals surface area contributed by atoms with E-state index >= 15 is 0 Å². The summed E-state index contributed by atoms with van der Waals surface area (Å²) in [5.41, 5.74) is 5.33. The molecular formula is C11H18N4OS. The van der Waals surface area contributed by atoms with Gasteiger partial charge < -0.3 is 11.1 Å². The van der Waals surface area contributed by atoms with Crippen LogP contribution < -0.4 is 11.1 Å². The highest BCUT2D eigenvalue weighted by Gasteiger charge is 2.15. The number of amides is 1. The number of hydrogen-bond donors (Lipinski definition) is 2. The zero-order valence-corrected chi connectivity index (χ0v) is 10.9. The molecule has 1 rings (SSSR count). The van der Waals surface area contributed by atoms with Crippen molar-refractivity contribution in [2.45, 2.75) is 37.4 Å². The van der Waals surface area contributed by atoms with Crippen LogP contribution in [0.5, 0.6) is 0 Å². The highest BCUT2D eigenvalue weighted by molar-refractivity contribution is 7.99. The number of thioether (sulfide) groups is 1. The van der Waals surface area contributed by atoms with Gasteiger partial charge in [0, 0.05) is 18.0 Å². The molecular weight excluding hydrogens is 236 g/mol. The van der Waals surface area contributed by atoms with Crippen LogP contribution in [0.1, 0.15) is 20.3 Å². The molecule has 17 heavy (non-hydrogen) atoms. The Morgan fingerprint density at radius 1 is 1.59 bits per heavy atom. The van der Waals surface area contributed by atoms with Gasteiger partial charge >= 0.3 is 0 Å². The smallest absolute Gasteiger partial charge is 0.234 e. The molecule has 5 nitrogen and oxygen atoms in total. The third kappa shape index (κ3) is 5.65. The molecule has 0 aliphatic carbocycles. The lowest BCUT2D eigenvalue weighted by Crippen LogP contribution is -2.44. The van der Waals surface area contributed by atoms with Crippen molar-refractivity contribution in [2.75, 3.05) is 5.75 Å². The SMILES string of the molecule is CC(C)NC(CCSc1ccncn1)C(N)=O. The van der Waals surface area contributed by atoms with Crippen molar-refractivity contribution in [3.05, 3.63) is 18.6 Å². The lowest BCUT2D eigenvalue weighted by molar-refractivity contribution is -0.120. The molecule has 0 saturated heterocycles. The molecule has 0 aliphatic heterocycles. The molecule has 0 spiro atoms. The fourth-order valence-electron chi connectivity index (χ4n) is 1.36. The number of nitrogens with two attached hydrogens (primary N) is 1. The Labute approximate surface area is 106 Å². The zero-order chi connectivity index (χ0) is 12.7. The van der Waals surface area contributed by atoms with Crippen molar-refractivity contribution in [1.29, 1.82) is 0 Å². The molecule has 94 valence electrons. The Morgan fingerprint density at radius 3 is 2.88 bits per heavy atom. The fourth-order valence-corrected chi connectivity index (χ4v) is 2.20. The summed E-state index contributed by atoms with van der Waals surface area (Å²) in [6.45, 7) is 3.99. The van der Waals surface area contributed by atoms with Gasteiger partial charge in [0.25, 0.3) is 0 Å². The molecule has 1 aromatic heterocycles. The maximum atomic E-state index is 11.2. The second-order valence-corrected chi connectivity index (χ2v) is 5.08. The van der Waals surface area contributed by atoms with Crippen LogP contribution in [0.3, 0.4) is 0 Å². The number of aromatic nitrogens is 2. The van der Waals surface area contributed by atoms with Crippen LogP contribution in [-0.4, -0.2) is 33.7 Å². The minimum Gasteiger partial charge on any atom is -0.368 e. The van der Waals surface area contributed by atoms with Gasteiger partial charge in [-0.1, -0.05) is 13.8 Å². The van der Waals surface area contributed by atoms with Gasteiger partial charge in [-0.2, -0.15) is 0 Å². The molecule has 0 aromatic carbocycles. The highest BCUT2D eigenvalue weighted by atomic mass is 32.2. The number of hydrogen-bond acceptors (Lipinski definition) is 5. The van der Waals surface area contributed by atoms with Crippen molar-refractivity contribution in [2.24, 2.45) is 5.73 Å². The van der Waals surface area contributed by atoms with E-state index in [-0.39, 0.29) is 18.0 Å². The van der Waals surface area contributed by atoms with Crippen LogP contribution in [-0.2, 0) is 4.79 Å². The summed E-state index contributed by atoms with van der Waals surface area (Å²) in [4.78, 5) is 19.1. The molecule has 1 aromatic rings. The fraction of sp³-hybridized carbons (Fsp3) is 0.545. The average molecular weight is 254 g/mol. The van der Waals surface area contributed by atoms with Crippen molar-refractivity contribution >= 4 is 17.7 Å². The number of carbonyl (C=O) groups is 1. The number of carbonyl (C=O) groups excluding carboxylic acids is 1. The van der Waals surface area contributed by atoms with Crippen molar-refractivity contribution < 1.29 is 4.79 Å². The maximum Gasteiger partial charge on any atom is 0.234 e. The summed E-state index contributed by atoms with van der Waals surface area (Å²) in [6.07, 6.45) is 3.91. The quantitative estimate of drug-likeness (QED) is 0.556. The van der Waals surface area contributed by atoms with Crippen LogP contribution in [0.2, 0.25) is 0 Å². The molecule has 1 atom stereocenters. The monoisotopic (exact) mass is 254 g/mol. The van der Waals surface area contributed by atoms with Crippen LogP contribution in [0, 0.1) is 0 Å². The Balaban J connectivity index is 2.35. The van der Waals surface area contributed by atoms with Gasteiger partial charge in [-0.15, -0.1) is 11.8 Å². The van der Waals surface area contributed by atoms with E-state index in [1.54, 1.807) is 18.0 Å². The molecule has 1 heterocycles. The largest absolute Gasteiger partial charge is 0.368 e. The summed E-state index contributed by atoms with van der Waals surface area (Å²) < 4.78 is 0. The van der Waals surface area contributed by atoms with E-state index in [4.69, 9.17) is 5.73 Å². The molecule has 6 heteroatoms. The number of nitrogens with one attached hydrogen (secondary N) is 1. The molecule has 0 saturated carbocycles. The van der Waals surface area contributed by atoms with E-state index in [1.165, 1.54) is 6.33 Å². The Hall–Kier alpha value is -1.14. The number of nitrogens with zero attached hydrogens (tertiary/aromatic N) is 2. The van der Waals surface area contributed by atoms with Crippen LogP contribution in [0.15, 0.2) is 23.6 Å². The standard InChI is InChI=1S/C11H18N4OS/c1-8(2)15-9(11(12)16)4-6-17-10-3-5-13-7-14-10/h3,5,7-9,15H,4,6H2,1-2H3,(H2,12,16). The van der Waals surface area contributed by atoms with E-state index in [9.17, 15) is 4.79 Å². The lowest BCUT2D eigenvalue weighted by Gasteiger charge is -2.17. The summed E-state index contributed by atoms with van der Waals surface area (Å²) in [5, 5.41) is 4.05. The molecule has 1 amide bonds. The van der Waals surface area contributed by atoms with E-state index < -0.39 is 0 Å². The average Bonchev–Trinajstić information content (AvgIpc) is 2.28. The lowest BCUT2D eigenvalue weighted by atomic mass is 10.2. The predicted octanol–water partition coefficient (Wildman–Crippen LogP) is 0.811. The molecule has 0 radical (unpaired) electrons. The Morgan fingerprint density at radius 2 is 2.35 bits per heavy atom. The van der Waals surface area contributed by atoms with Gasteiger partial charge in [-0.3, -0.25) is 4.79 Å². The second-order valence-electron chi connectivity index (χ2n) is 3.96. The first-order valence-corrected chi connectivity index (χ1v) is 6.52. The van der Waals surface area contributed by atoms with Gasteiger partial charge in [-0.25, -0.2) is 9.97 Å². The van der Waals surface area contributed by atoms with Gasteiger partial charge in [0.15, 0.2) is 0 Å². The second kappa shape index (κ2) is 7.24. The van der Waals surface area contributed by atoms with E-state index in [0.717, 1.165) is 10.8 Å². The third-order valence-corrected chi connectivity index (χ3v) is 3.07. The van der Waals surface area contributed by atoms with Gasteiger partial charge in [0.1, 0.15) is 6.33 Å². The molecule has 1 unspecified atom stereocenters. The van der Waals surface area contributed by atoms with Crippen LogP contribution >= 0.6 is 11.8 Å². The van der Waals surface area contributed by atoms with Gasteiger partial charge in [0.2, 0.25) is 5.91 Å². The first-order chi connectivity index (χ1) is 8.09. The first-order valence-electron chi connectivity index (χ1n) is 5.53. The highest BCUT2D eigenvalue weighted by Crippen LogP contribution is 2.15. The molecule has 0 bridgehead atoms. The molecule has 0 aliphatic rings. The molecule has 0 fully saturated rings. The van der Waals surface area contributed by atoms with Crippen LogP contribution in [0.25, 0.3) is 0 Å². The summed E-state index contributed by atoms with van der Waals surface area (Å²) in [7, 11) is 0. The third-order valence-electron chi connectivity index (χ3n) is 2.09.